The molecule has 22 heavy (non-hydrogen) atoms. The number of phenolic OH excluding ortho intramolecular Hbond substituents is 3. The number of rotatable bonds is 2. The normalized spacial score (nSPS) is 10.8. The molecular formula is C16H12O6. The van der Waals surface area contributed by atoms with Crippen molar-refractivity contribution in [1.82, 2.24) is 0 Å². The van der Waals surface area contributed by atoms with Crippen molar-refractivity contribution in [1.29, 1.82) is 0 Å². The lowest BCUT2D eigenvalue weighted by atomic mass is 10.0. The van der Waals surface area contributed by atoms with Gasteiger partial charge < -0.3 is 24.5 Å². The maximum absolute atomic E-state index is 11.7. The summed E-state index contributed by atoms with van der Waals surface area (Å²) in [5.74, 6) is -0.494. The van der Waals surface area contributed by atoms with Gasteiger partial charge in [-0.2, -0.15) is 0 Å². The van der Waals surface area contributed by atoms with Crippen molar-refractivity contribution in [3.63, 3.8) is 0 Å². The Kier molecular flexibility index (Phi) is 3.14. The van der Waals surface area contributed by atoms with Gasteiger partial charge in [-0.1, -0.05) is 6.07 Å². The summed E-state index contributed by atoms with van der Waals surface area (Å²) >= 11 is 0. The van der Waals surface area contributed by atoms with E-state index in [0.717, 1.165) is 0 Å². The zero-order chi connectivity index (χ0) is 15.9. The SMILES string of the molecule is COc1cc2oc(=O)cc(-c3ccc(O)c(O)c3)c2cc1O. The Hall–Kier alpha value is -3.15. The number of aromatic hydroxyl groups is 3. The molecule has 0 aliphatic heterocycles. The fourth-order valence-corrected chi connectivity index (χ4v) is 2.27. The molecule has 3 rings (SSSR count). The Morgan fingerprint density at radius 1 is 0.955 bits per heavy atom. The summed E-state index contributed by atoms with van der Waals surface area (Å²) in [5, 5.41) is 29.4. The van der Waals surface area contributed by atoms with Crippen LogP contribution < -0.4 is 10.4 Å². The quantitative estimate of drug-likeness (QED) is 0.497. The Morgan fingerprint density at radius 3 is 2.41 bits per heavy atom. The Labute approximate surface area is 124 Å². The van der Waals surface area contributed by atoms with Crippen LogP contribution in [0.3, 0.4) is 0 Å². The van der Waals surface area contributed by atoms with Gasteiger partial charge in [-0.3, -0.25) is 0 Å². The predicted octanol–water partition coefficient (Wildman–Crippen LogP) is 2.59. The van der Waals surface area contributed by atoms with Crippen molar-refractivity contribution in [2.24, 2.45) is 0 Å². The lowest BCUT2D eigenvalue weighted by molar-refractivity contribution is 0.373. The molecule has 0 amide bonds. The lowest BCUT2D eigenvalue weighted by Crippen LogP contribution is -1.98. The van der Waals surface area contributed by atoms with E-state index in [4.69, 9.17) is 9.15 Å². The summed E-state index contributed by atoms with van der Waals surface area (Å²) in [5.41, 5.74) is 0.616. The fourth-order valence-electron chi connectivity index (χ4n) is 2.27. The summed E-state index contributed by atoms with van der Waals surface area (Å²) in [4.78, 5) is 11.7. The van der Waals surface area contributed by atoms with Crippen LogP contribution in [-0.4, -0.2) is 22.4 Å². The third kappa shape index (κ3) is 2.20. The molecule has 0 radical (unpaired) electrons. The number of ether oxygens (including phenoxy) is 1. The van der Waals surface area contributed by atoms with E-state index >= 15 is 0 Å². The summed E-state index contributed by atoms with van der Waals surface area (Å²) in [6.07, 6.45) is 0. The van der Waals surface area contributed by atoms with Crippen LogP contribution in [0.1, 0.15) is 0 Å². The molecule has 0 fully saturated rings. The molecule has 0 saturated carbocycles. The van der Waals surface area contributed by atoms with Gasteiger partial charge in [-0.05, 0) is 23.8 Å². The number of hydrogen-bond acceptors (Lipinski definition) is 6. The molecule has 0 aliphatic carbocycles. The summed E-state index contributed by atoms with van der Waals surface area (Å²) < 4.78 is 10.1. The van der Waals surface area contributed by atoms with E-state index in [0.29, 0.717) is 16.5 Å². The number of phenols is 3. The van der Waals surface area contributed by atoms with Crippen LogP contribution in [0.4, 0.5) is 0 Å². The molecule has 0 unspecified atom stereocenters. The predicted molar refractivity (Wildman–Crippen MR) is 79.5 cm³/mol. The number of fused-ring (bicyclic) bond motifs is 1. The highest BCUT2D eigenvalue weighted by molar-refractivity contribution is 5.95. The van der Waals surface area contributed by atoms with E-state index in [-0.39, 0.29) is 28.6 Å². The van der Waals surface area contributed by atoms with E-state index in [1.807, 2.05) is 0 Å². The maximum Gasteiger partial charge on any atom is 0.336 e. The van der Waals surface area contributed by atoms with Gasteiger partial charge in [0.1, 0.15) is 5.58 Å². The Balaban J connectivity index is 2.35. The molecule has 3 aromatic rings. The zero-order valence-corrected chi connectivity index (χ0v) is 11.5. The second kappa shape index (κ2) is 5.00. The lowest BCUT2D eigenvalue weighted by Gasteiger charge is -2.09. The molecule has 0 aliphatic rings. The number of hydrogen-bond donors (Lipinski definition) is 3. The average Bonchev–Trinajstić information content (AvgIpc) is 2.49. The van der Waals surface area contributed by atoms with Gasteiger partial charge in [-0.15, -0.1) is 0 Å². The highest BCUT2D eigenvalue weighted by Gasteiger charge is 2.13. The van der Waals surface area contributed by atoms with Crippen molar-refractivity contribution in [2.75, 3.05) is 7.11 Å². The topological polar surface area (TPSA) is 100 Å². The minimum absolute atomic E-state index is 0.104. The van der Waals surface area contributed by atoms with Crippen molar-refractivity contribution < 1.29 is 24.5 Å². The van der Waals surface area contributed by atoms with Crippen LogP contribution in [0.15, 0.2) is 45.6 Å². The monoisotopic (exact) mass is 300 g/mol. The first-order valence-electron chi connectivity index (χ1n) is 6.37. The van der Waals surface area contributed by atoms with E-state index in [2.05, 4.69) is 0 Å². The standard InChI is InChI=1S/C16H12O6/c1-21-15-7-14-10(5-13(15)19)9(6-16(20)22-14)8-2-3-11(17)12(18)4-8/h2-7,17-19H,1H3. The van der Waals surface area contributed by atoms with E-state index in [1.54, 1.807) is 6.07 Å². The molecule has 0 atom stereocenters. The van der Waals surface area contributed by atoms with Gasteiger partial charge in [-0.25, -0.2) is 4.79 Å². The maximum atomic E-state index is 11.7. The zero-order valence-electron chi connectivity index (χ0n) is 11.5. The molecular weight excluding hydrogens is 288 g/mol. The first kappa shape index (κ1) is 13.8. The van der Waals surface area contributed by atoms with Gasteiger partial charge in [0.25, 0.3) is 0 Å². The van der Waals surface area contributed by atoms with Crippen LogP contribution in [0.5, 0.6) is 23.0 Å². The van der Waals surface area contributed by atoms with Crippen molar-refractivity contribution in [2.45, 2.75) is 0 Å². The molecule has 0 spiro atoms. The summed E-state index contributed by atoms with van der Waals surface area (Å²) in [6, 6.07) is 8.26. The minimum Gasteiger partial charge on any atom is -0.504 e. The van der Waals surface area contributed by atoms with Gasteiger partial charge in [0.05, 0.1) is 7.11 Å². The van der Waals surface area contributed by atoms with Crippen molar-refractivity contribution in [3.8, 4) is 34.1 Å². The summed E-state index contributed by atoms with van der Waals surface area (Å²) in [6.45, 7) is 0. The second-order valence-electron chi connectivity index (χ2n) is 4.70. The van der Waals surface area contributed by atoms with Crippen LogP contribution in [-0.2, 0) is 0 Å². The van der Waals surface area contributed by atoms with Crippen molar-refractivity contribution in [3.05, 3.63) is 46.8 Å². The minimum atomic E-state index is -0.581. The molecule has 6 nitrogen and oxygen atoms in total. The molecule has 2 aromatic carbocycles. The van der Waals surface area contributed by atoms with Gasteiger partial charge in [0, 0.05) is 23.1 Å². The van der Waals surface area contributed by atoms with Crippen LogP contribution in [0, 0.1) is 0 Å². The van der Waals surface area contributed by atoms with E-state index in [9.17, 15) is 20.1 Å². The molecule has 112 valence electrons. The molecule has 0 saturated heterocycles. The largest absolute Gasteiger partial charge is 0.504 e. The highest BCUT2D eigenvalue weighted by Crippen LogP contribution is 2.37. The molecule has 1 heterocycles. The molecule has 3 N–H and O–H groups in total. The van der Waals surface area contributed by atoms with Gasteiger partial charge in [0.15, 0.2) is 23.0 Å². The fraction of sp³-hybridized carbons (Fsp3) is 0.0625. The molecule has 0 bridgehead atoms. The molecule has 6 heteroatoms. The second-order valence-corrected chi connectivity index (χ2v) is 4.70. The average molecular weight is 300 g/mol. The Bertz CT molecular complexity index is 926. The van der Waals surface area contributed by atoms with E-state index < -0.39 is 5.63 Å². The third-order valence-electron chi connectivity index (χ3n) is 3.33. The first-order valence-corrected chi connectivity index (χ1v) is 6.37. The van der Waals surface area contributed by atoms with Gasteiger partial charge >= 0.3 is 5.63 Å². The third-order valence-corrected chi connectivity index (χ3v) is 3.33. The number of benzene rings is 2. The number of methoxy groups -OCH3 is 1. The smallest absolute Gasteiger partial charge is 0.336 e. The Morgan fingerprint density at radius 2 is 1.73 bits per heavy atom. The van der Waals surface area contributed by atoms with Crippen LogP contribution in [0.25, 0.3) is 22.1 Å². The van der Waals surface area contributed by atoms with Crippen LogP contribution in [0.2, 0.25) is 0 Å². The molecule has 1 aromatic heterocycles. The van der Waals surface area contributed by atoms with E-state index in [1.165, 1.54) is 37.4 Å². The summed E-state index contributed by atoms with van der Waals surface area (Å²) in [7, 11) is 1.39. The van der Waals surface area contributed by atoms with Crippen molar-refractivity contribution >= 4 is 11.0 Å². The first-order chi connectivity index (χ1) is 10.5. The van der Waals surface area contributed by atoms with Gasteiger partial charge in [0.2, 0.25) is 0 Å². The van der Waals surface area contributed by atoms with Crippen LogP contribution >= 0.6 is 0 Å². The highest BCUT2D eigenvalue weighted by atomic mass is 16.5.